The number of benzene rings is 1. The molecule has 4 nitrogen and oxygen atoms in total. The number of pyridine rings is 1. The summed E-state index contributed by atoms with van der Waals surface area (Å²) >= 11 is 0. The van der Waals surface area contributed by atoms with E-state index in [1.807, 2.05) is 19.1 Å². The van der Waals surface area contributed by atoms with E-state index in [9.17, 15) is 4.79 Å². The normalized spacial score (nSPS) is 17.0. The topological polar surface area (TPSA) is 54.0 Å². The first-order chi connectivity index (χ1) is 11.2. The largest absolute Gasteiger partial charge is 0.335 e. The van der Waals surface area contributed by atoms with Gasteiger partial charge in [-0.15, -0.1) is 0 Å². The van der Waals surface area contributed by atoms with Crippen molar-refractivity contribution in [3.8, 4) is 0 Å². The predicted octanol–water partition coefficient (Wildman–Crippen LogP) is 3.14. The Morgan fingerprint density at radius 1 is 1.22 bits per heavy atom. The van der Waals surface area contributed by atoms with E-state index >= 15 is 0 Å². The molecule has 2 aromatic rings. The lowest BCUT2D eigenvalue weighted by Gasteiger charge is -2.17. The van der Waals surface area contributed by atoms with Crippen molar-refractivity contribution in [1.82, 2.24) is 15.6 Å². The molecule has 0 bridgehead atoms. The summed E-state index contributed by atoms with van der Waals surface area (Å²) < 4.78 is 0. The van der Waals surface area contributed by atoms with E-state index in [-0.39, 0.29) is 12.1 Å². The van der Waals surface area contributed by atoms with Gasteiger partial charge in [0.2, 0.25) is 0 Å². The summed E-state index contributed by atoms with van der Waals surface area (Å²) in [5.41, 5.74) is 4.78. The van der Waals surface area contributed by atoms with Gasteiger partial charge < -0.3 is 10.6 Å². The highest BCUT2D eigenvalue weighted by molar-refractivity contribution is 5.74. The maximum Gasteiger partial charge on any atom is 0.315 e. The van der Waals surface area contributed by atoms with Crippen molar-refractivity contribution in [2.24, 2.45) is 0 Å². The molecule has 4 heteroatoms. The Kier molecular flexibility index (Phi) is 4.91. The van der Waals surface area contributed by atoms with Crippen molar-refractivity contribution < 1.29 is 4.79 Å². The van der Waals surface area contributed by atoms with Gasteiger partial charge in [0.25, 0.3) is 0 Å². The van der Waals surface area contributed by atoms with Gasteiger partial charge in [0.05, 0.1) is 12.2 Å². The van der Waals surface area contributed by atoms with Gasteiger partial charge in [-0.05, 0) is 55.4 Å². The Morgan fingerprint density at radius 2 is 2.04 bits per heavy atom. The molecular formula is C19H23N3O. The number of nitrogens with zero attached hydrogens (tertiary/aromatic N) is 1. The van der Waals surface area contributed by atoms with E-state index in [1.165, 1.54) is 11.1 Å². The average molecular weight is 309 g/mol. The molecule has 1 aliphatic rings. The van der Waals surface area contributed by atoms with Crippen molar-refractivity contribution in [3.63, 3.8) is 0 Å². The predicted molar refractivity (Wildman–Crippen MR) is 91.2 cm³/mol. The Balaban J connectivity index is 1.55. The Labute approximate surface area is 137 Å². The number of aromatic nitrogens is 1. The molecule has 2 N–H and O–H groups in total. The number of aryl methyl sites for hydroxylation is 2. The number of hydrogen-bond acceptors (Lipinski definition) is 2. The third kappa shape index (κ3) is 4.09. The SMILES string of the molecule is Cc1cccnc1CNC(=O)NC1CCCc2ccccc2C1. The average Bonchev–Trinajstić information content (AvgIpc) is 2.75. The van der Waals surface area contributed by atoms with Crippen LogP contribution in [0.5, 0.6) is 0 Å². The number of urea groups is 1. The van der Waals surface area contributed by atoms with Crippen molar-refractivity contribution in [1.29, 1.82) is 0 Å². The van der Waals surface area contributed by atoms with Gasteiger partial charge in [-0.25, -0.2) is 4.79 Å². The molecule has 3 rings (SSSR count). The maximum absolute atomic E-state index is 12.2. The maximum atomic E-state index is 12.2. The minimum Gasteiger partial charge on any atom is -0.335 e. The zero-order valence-corrected chi connectivity index (χ0v) is 13.5. The second kappa shape index (κ2) is 7.27. The minimum absolute atomic E-state index is 0.112. The number of rotatable bonds is 3. The first-order valence-corrected chi connectivity index (χ1v) is 8.24. The fraction of sp³-hybridized carbons (Fsp3) is 0.368. The molecule has 120 valence electrons. The van der Waals surface area contributed by atoms with Crippen LogP contribution < -0.4 is 10.6 Å². The van der Waals surface area contributed by atoms with E-state index in [2.05, 4.69) is 39.9 Å². The van der Waals surface area contributed by atoms with Crippen LogP contribution >= 0.6 is 0 Å². The number of hydrogen-bond donors (Lipinski definition) is 2. The van der Waals surface area contributed by atoms with Crippen LogP contribution in [0.2, 0.25) is 0 Å². The summed E-state index contributed by atoms with van der Waals surface area (Å²) in [5, 5.41) is 6.03. The molecule has 1 aromatic heterocycles. The standard InChI is InChI=1S/C19H23N3O/c1-14-6-5-11-20-18(14)13-21-19(23)22-17-10-4-9-15-7-2-3-8-16(15)12-17/h2-3,5-8,11,17H,4,9-10,12-13H2,1H3,(H2,21,22,23). The van der Waals surface area contributed by atoms with Crippen molar-refractivity contribution >= 4 is 6.03 Å². The molecule has 0 saturated heterocycles. The zero-order valence-electron chi connectivity index (χ0n) is 13.5. The molecule has 0 fully saturated rings. The number of fused-ring (bicyclic) bond motifs is 1. The summed E-state index contributed by atoms with van der Waals surface area (Å²) in [4.78, 5) is 16.5. The van der Waals surface area contributed by atoms with E-state index < -0.39 is 0 Å². The quantitative estimate of drug-likeness (QED) is 0.856. The molecule has 1 unspecified atom stereocenters. The van der Waals surface area contributed by atoms with Gasteiger partial charge in [0.1, 0.15) is 0 Å². The number of carbonyl (C=O) groups excluding carboxylic acids is 1. The number of amides is 2. The van der Waals surface area contributed by atoms with Gasteiger partial charge in [0.15, 0.2) is 0 Å². The van der Waals surface area contributed by atoms with Crippen molar-refractivity contribution in [2.75, 3.05) is 0 Å². The second-order valence-corrected chi connectivity index (χ2v) is 6.16. The molecule has 1 heterocycles. The van der Waals surface area contributed by atoms with Gasteiger partial charge in [-0.2, -0.15) is 0 Å². The lowest BCUT2D eigenvalue weighted by molar-refractivity contribution is 0.235. The fourth-order valence-electron chi connectivity index (χ4n) is 3.13. The summed E-state index contributed by atoms with van der Waals surface area (Å²) in [6.45, 7) is 2.46. The highest BCUT2D eigenvalue weighted by Gasteiger charge is 2.18. The fourth-order valence-corrected chi connectivity index (χ4v) is 3.13. The summed E-state index contributed by atoms with van der Waals surface area (Å²) in [5.74, 6) is 0. The monoisotopic (exact) mass is 309 g/mol. The molecule has 1 aromatic carbocycles. The van der Waals surface area contributed by atoms with E-state index in [0.717, 1.165) is 36.9 Å². The van der Waals surface area contributed by atoms with E-state index in [0.29, 0.717) is 6.54 Å². The molecule has 0 radical (unpaired) electrons. The molecule has 1 atom stereocenters. The van der Waals surface area contributed by atoms with Gasteiger partial charge in [-0.3, -0.25) is 4.98 Å². The van der Waals surface area contributed by atoms with E-state index in [1.54, 1.807) is 6.20 Å². The molecule has 2 amide bonds. The smallest absolute Gasteiger partial charge is 0.315 e. The third-order valence-corrected chi connectivity index (χ3v) is 4.45. The summed E-state index contributed by atoms with van der Waals surface area (Å²) in [6.07, 6.45) is 5.89. The van der Waals surface area contributed by atoms with Crippen LogP contribution in [0, 0.1) is 6.92 Å². The number of nitrogens with one attached hydrogen (secondary N) is 2. The van der Waals surface area contributed by atoms with Crippen molar-refractivity contribution in [2.45, 2.75) is 45.2 Å². The van der Waals surface area contributed by atoms with Crippen LogP contribution in [0.1, 0.15) is 35.2 Å². The van der Waals surface area contributed by atoms with E-state index in [4.69, 9.17) is 0 Å². The van der Waals surface area contributed by atoms with Crippen molar-refractivity contribution in [3.05, 3.63) is 65.0 Å². The highest BCUT2D eigenvalue weighted by atomic mass is 16.2. The minimum atomic E-state index is -0.112. The highest BCUT2D eigenvalue weighted by Crippen LogP contribution is 2.20. The molecule has 0 saturated carbocycles. The molecule has 0 spiro atoms. The Bertz CT molecular complexity index is 684. The first-order valence-electron chi connectivity index (χ1n) is 8.24. The Morgan fingerprint density at radius 3 is 2.87 bits per heavy atom. The lowest BCUT2D eigenvalue weighted by atomic mass is 10.0. The summed E-state index contributed by atoms with van der Waals surface area (Å²) in [7, 11) is 0. The summed E-state index contributed by atoms with van der Waals surface area (Å²) in [6, 6.07) is 12.5. The first kappa shape index (κ1) is 15.5. The molecular weight excluding hydrogens is 286 g/mol. The van der Waals surface area contributed by atoms with Crippen LogP contribution in [-0.4, -0.2) is 17.1 Å². The lowest BCUT2D eigenvalue weighted by Crippen LogP contribution is -2.42. The molecule has 1 aliphatic carbocycles. The van der Waals surface area contributed by atoms with Gasteiger partial charge in [0, 0.05) is 12.2 Å². The van der Waals surface area contributed by atoms with Crippen LogP contribution in [0.25, 0.3) is 0 Å². The third-order valence-electron chi connectivity index (χ3n) is 4.45. The van der Waals surface area contributed by atoms with Gasteiger partial charge in [-0.1, -0.05) is 30.3 Å². The molecule has 23 heavy (non-hydrogen) atoms. The van der Waals surface area contributed by atoms with Crippen LogP contribution in [-0.2, 0) is 19.4 Å². The van der Waals surface area contributed by atoms with Crippen LogP contribution in [0.4, 0.5) is 4.79 Å². The number of carbonyl (C=O) groups is 1. The zero-order chi connectivity index (χ0) is 16.1. The Hall–Kier alpha value is -2.36. The second-order valence-electron chi connectivity index (χ2n) is 6.16. The molecule has 0 aliphatic heterocycles. The van der Waals surface area contributed by atoms with Crippen LogP contribution in [0.3, 0.4) is 0 Å². The van der Waals surface area contributed by atoms with Gasteiger partial charge >= 0.3 is 6.03 Å². The van der Waals surface area contributed by atoms with Crippen LogP contribution in [0.15, 0.2) is 42.6 Å².